The molecule has 6 nitrogen and oxygen atoms in total. The van der Waals surface area contributed by atoms with E-state index in [0.29, 0.717) is 42.6 Å². The van der Waals surface area contributed by atoms with Gasteiger partial charge in [-0.25, -0.2) is 0 Å². The van der Waals surface area contributed by atoms with Crippen LogP contribution in [-0.4, -0.2) is 24.1 Å². The minimum atomic E-state index is -0.282. The molecule has 1 aromatic carbocycles. The standard InChI is InChI=1S/C15H15N3O3/c16-8-10-1-3-12(17-9-10)15(19)18-11-2-4-13-14(7-11)21-6-5-20-13/h1-4,7,9H,5-6,8,16H2,(H,18,19). The largest absolute Gasteiger partial charge is 0.486 e. The highest BCUT2D eigenvalue weighted by Crippen LogP contribution is 2.32. The molecule has 0 radical (unpaired) electrons. The Labute approximate surface area is 121 Å². The molecule has 1 amide bonds. The van der Waals surface area contributed by atoms with Crippen molar-refractivity contribution in [3.8, 4) is 11.5 Å². The molecule has 0 fully saturated rings. The van der Waals surface area contributed by atoms with Crippen LogP contribution in [0.15, 0.2) is 36.5 Å². The summed E-state index contributed by atoms with van der Waals surface area (Å²) in [6.07, 6.45) is 1.60. The average molecular weight is 285 g/mol. The lowest BCUT2D eigenvalue weighted by molar-refractivity contribution is 0.102. The van der Waals surface area contributed by atoms with Crippen molar-refractivity contribution >= 4 is 11.6 Å². The summed E-state index contributed by atoms with van der Waals surface area (Å²) in [4.78, 5) is 16.2. The summed E-state index contributed by atoms with van der Waals surface area (Å²) in [6.45, 7) is 1.44. The Balaban J connectivity index is 1.74. The maximum Gasteiger partial charge on any atom is 0.274 e. The van der Waals surface area contributed by atoms with Crippen molar-refractivity contribution < 1.29 is 14.3 Å². The fraction of sp³-hybridized carbons (Fsp3) is 0.200. The molecule has 0 saturated heterocycles. The second kappa shape index (κ2) is 5.80. The Morgan fingerprint density at radius 2 is 2.00 bits per heavy atom. The molecule has 1 aliphatic heterocycles. The lowest BCUT2D eigenvalue weighted by Gasteiger charge is -2.18. The lowest BCUT2D eigenvalue weighted by atomic mass is 10.2. The van der Waals surface area contributed by atoms with Gasteiger partial charge in [0.25, 0.3) is 5.91 Å². The molecule has 0 unspecified atom stereocenters. The molecule has 3 N–H and O–H groups in total. The summed E-state index contributed by atoms with van der Waals surface area (Å²) in [5.41, 5.74) is 7.35. The lowest BCUT2D eigenvalue weighted by Crippen LogP contribution is -2.17. The van der Waals surface area contributed by atoms with Crippen molar-refractivity contribution in [1.29, 1.82) is 0 Å². The van der Waals surface area contributed by atoms with Gasteiger partial charge in [-0.1, -0.05) is 6.07 Å². The number of ether oxygens (including phenoxy) is 2. The number of pyridine rings is 1. The molecule has 3 rings (SSSR count). The van der Waals surface area contributed by atoms with Crippen LogP contribution in [0.2, 0.25) is 0 Å². The maximum atomic E-state index is 12.1. The smallest absolute Gasteiger partial charge is 0.274 e. The monoisotopic (exact) mass is 285 g/mol. The van der Waals surface area contributed by atoms with Crippen LogP contribution < -0.4 is 20.5 Å². The first kappa shape index (κ1) is 13.4. The SMILES string of the molecule is NCc1ccc(C(=O)Nc2ccc3c(c2)OCCO3)nc1. The van der Waals surface area contributed by atoms with E-state index in [1.807, 2.05) is 0 Å². The van der Waals surface area contributed by atoms with E-state index in [1.165, 1.54) is 0 Å². The number of amides is 1. The van der Waals surface area contributed by atoms with E-state index < -0.39 is 0 Å². The number of nitrogens with two attached hydrogens (primary N) is 1. The van der Waals surface area contributed by atoms with Crippen LogP contribution in [0.4, 0.5) is 5.69 Å². The Morgan fingerprint density at radius 3 is 2.71 bits per heavy atom. The molecule has 0 saturated carbocycles. The van der Waals surface area contributed by atoms with Gasteiger partial charge in [-0.3, -0.25) is 9.78 Å². The summed E-state index contributed by atoms with van der Waals surface area (Å²) in [7, 11) is 0. The maximum absolute atomic E-state index is 12.1. The number of rotatable bonds is 3. The molecule has 1 aliphatic rings. The number of anilines is 1. The molecule has 2 aromatic rings. The molecular formula is C15H15N3O3. The molecule has 0 bridgehead atoms. The van der Waals surface area contributed by atoms with E-state index in [-0.39, 0.29) is 5.91 Å². The van der Waals surface area contributed by atoms with Crippen molar-refractivity contribution in [1.82, 2.24) is 4.98 Å². The number of hydrogen-bond donors (Lipinski definition) is 2. The number of hydrogen-bond acceptors (Lipinski definition) is 5. The van der Waals surface area contributed by atoms with Crippen LogP contribution in [0.3, 0.4) is 0 Å². The zero-order valence-corrected chi connectivity index (χ0v) is 11.3. The van der Waals surface area contributed by atoms with E-state index >= 15 is 0 Å². The van der Waals surface area contributed by atoms with Crippen molar-refractivity contribution in [3.63, 3.8) is 0 Å². The van der Waals surface area contributed by atoms with Gasteiger partial charge in [-0.15, -0.1) is 0 Å². The summed E-state index contributed by atoms with van der Waals surface area (Å²) < 4.78 is 10.9. The van der Waals surface area contributed by atoms with Crippen LogP contribution in [0.1, 0.15) is 16.1 Å². The van der Waals surface area contributed by atoms with E-state index in [0.717, 1.165) is 5.56 Å². The minimum absolute atomic E-state index is 0.282. The number of nitrogens with zero attached hydrogens (tertiary/aromatic N) is 1. The van der Waals surface area contributed by atoms with Crippen molar-refractivity contribution in [2.75, 3.05) is 18.5 Å². The van der Waals surface area contributed by atoms with Crippen LogP contribution in [0, 0.1) is 0 Å². The van der Waals surface area contributed by atoms with Gasteiger partial charge in [0, 0.05) is 24.5 Å². The Hall–Kier alpha value is -2.60. The van der Waals surface area contributed by atoms with Crippen LogP contribution >= 0.6 is 0 Å². The molecule has 1 aromatic heterocycles. The summed E-state index contributed by atoms with van der Waals surface area (Å²) in [5.74, 6) is 1.03. The second-order valence-corrected chi connectivity index (χ2v) is 4.57. The number of aromatic nitrogens is 1. The summed E-state index contributed by atoms with van der Waals surface area (Å²) in [5, 5.41) is 2.78. The Morgan fingerprint density at radius 1 is 1.19 bits per heavy atom. The number of carbonyl (C=O) groups excluding carboxylic acids is 1. The van der Waals surface area contributed by atoms with E-state index in [4.69, 9.17) is 15.2 Å². The molecule has 2 heterocycles. The fourth-order valence-electron chi connectivity index (χ4n) is 2.00. The third kappa shape index (κ3) is 2.95. The number of carbonyl (C=O) groups is 1. The van der Waals surface area contributed by atoms with Crippen LogP contribution in [0.5, 0.6) is 11.5 Å². The quantitative estimate of drug-likeness (QED) is 0.893. The first-order chi connectivity index (χ1) is 10.3. The van der Waals surface area contributed by atoms with E-state index in [9.17, 15) is 4.79 Å². The first-order valence-corrected chi connectivity index (χ1v) is 6.62. The third-order valence-corrected chi connectivity index (χ3v) is 3.09. The van der Waals surface area contributed by atoms with Gasteiger partial charge < -0.3 is 20.5 Å². The first-order valence-electron chi connectivity index (χ1n) is 6.62. The molecule has 0 spiro atoms. The predicted octanol–water partition coefficient (Wildman–Crippen LogP) is 1.56. The highest BCUT2D eigenvalue weighted by molar-refractivity contribution is 6.03. The van der Waals surface area contributed by atoms with Crippen molar-refractivity contribution in [3.05, 3.63) is 47.8 Å². The number of benzene rings is 1. The molecule has 21 heavy (non-hydrogen) atoms. The number of fused-ring (bicyclic) bond motifs is 1. The summed E-state index contributed by atoms with van der Waals surface area (Å²) in [6, 6.07) is 8.70. The van der Waals surface area contributed by atoms with E-state index in [2.05, 4.69) is 10.3 Å². The zero-order valence-electron chi connectivity index (χ0n) is 11.3. The molecule has 108 valence electrons. The molecular weight excluding hydrogens is 270 g/mol. The van der Waals surface area contributed by atoms with Gasteiger partial charge in [0.05, 0.1) is 0 Å². The van der Waals surface area contributed by atoms with Gasteiger partial charge in [0.1, 0.15) is 18.9 Å². The predicted molar refractivity (Wildman–Crippen MR) is 77.5 cm³/mol. The van der Waals surface area contributed by atoms with Crippen molar-refractivity contribution in [2.45, 2.75) is 6.54 Å². The topological polar surface area (TPSA) is 86.5 Å². The molecule has 6 heteroatoms. The van der Waals surface area contributed by atoms with E-state index in [1.54, 1.807) is 36.5 Å². The zero-order chi connectivity index (χ0) is 14.7. The van der Waals surface area contributed by atoms with Gasteiger partial charge in [0.2, 0.25) is 0 Å². The molecule has 0 atom stereocenters. The van der Waals surface area contributed by atoms with Crippen molar-refractivity contribution in [2.24, 2.45) is 5.73 Å². The van der Waals surface area contributed by atoms with Gasteiger partial charge in [-0.05, 0) is 23.8 Å². The fourth-order valence-corrected chi connectivity index (χ4v) is 2.00. The highest BCUT2D eigenvalue weighted by atomic mass is 16.6. The Bertz CT molecular complexity index is 656. The highest BCUT2D eigenvalue weighted by Gasteiger charge is 2.13. The van der Waals surface area contributed by atoms with Crippen LogP contribution in [-0.2, 0) is 6.54 Å². The van der Waals surface area contributed by atoms with Gasteiger partial charge in [0.15, 0.2) is 11.5 Å². The van der Waals surface area contributed by atoms with Gasteiger partial charge in [-0.2, -0.15) is 0 Å². The van der Waals surface area contributed by atoms with Crippen LogP contribution in [0.25, 0.3) is 0 Å². The number of nitrogens with one attached hydrogen (secondary N) is 1. The third-order valence-electron chi connectivity index (χ3n) is 3.09. The Kier molecular flexibility index (Phi) is 3.70. The normalized spacial score (nSPS) is 12.8. The van der Waals surface area contributed by atoms with Gasteiger partial charge >= 0.3 is 0 Å². The minimum Gasteiger partial charge on any atom is -0.486 e. The summed E-state index contributed by atoms with van der Waals surface area (Å²) >= 11 is 0. The average Bonchev–Trinajstić information content (AvgIpc) is 2.55. The molecule has 0 aliphatic carbocycles. The second-order valence-electron chi connectivity index (χ2n) is 4.57.